The molecule has 0 saturated heterocycles. The number of rotatable bonds is 6. The number of benzene rings is 1. The molecular formula is C14H20N2O2. The number of hydrogen-bond acceptors (Lipinski definition) is 3. The van der Waals surface area contributed by atoms with Gasteiger partial charge in [-0.05, 0) is 38.1 Å². The van der Waals surface area contributed by atoms with Crippen LogP contribution in [0.3, 0.4) is 0 Å². The van der Waals surface area contributed by atoms with E-state index in [1.165, 1.54) is 12.8 Å². The van der Waals surface area contributed by atoms with Crippen LogP contribution in [0.4, 0.5) is 5.69 Å². The van der Waals surface area contributed by atoms with E-state index < -0.39 is 0 Å². The molecule has 4 nitrogen and oxygen atoms in total. The molecule has 1 fully saturated rings. The number of hydrogen-bond donors (Lipinski definition) is 1. The van der Waals surface area contributed by atoms with E-state index >= 15 is 0 Å². The molecule has 0 aromatic heterocycles. The Balaban J connectivity index is 1.99. The Hall–Kier alpha value is -1.42. The molecule has 0 bridgehead atoms. The third-order valence-electron chi connectivity index (χ3n) is 3.77. The minimum atomic E-state index is -0.308. The minimum Gasteiger partial charge on any atom is -0.310 e. The Morgan fingerprint density at radius 3 is 2.67 bits per heavy atom. The Bertz CT molecular complexity index is 430. The second-order valence-corrected chi connectivity index (χ2v) is 5.26. The Kier molecular flexibility index (Phi) is 3.97. The summed E-state index contributed by atoms with van der Waals surface area (Å²) < 4.78 is 0. The van der Waals surface area contributed by atoms with Crippen molar-refractivity contribution in [2.75, 3.05) is 6.54 Å². The van der Waals surface area contributed by atoms with E-state index in [2.05, 4.69) is 12.2 Å². The van der Waals surface area contributed by atoms with Crippen LogP contribution in [0.25, 0.3) is 0 Å². The molecule has 0 radical (unpaired) electrons. The summed E-state index contributed by atoms with van der Waals surface area (Å²) >= 11 is 0. The largest absolute Gasteiger partial charge is 0.310 e. The maximum absolute atomic E-state index is 11.0. The predicted octanol–water partition coefficient (Wildman–Crippen LogP) is 3.29. The summed E-state index contributed by atoms with van der Waals surface area (Å²) in [6, 6.07) is 6.98. The fourth-order valence-electron chi connectivity index (χ4n) is 2.32. The number of para-hydroxylation sites is 1. The third-order valence-corrected chi connectivity index (χ3v) is 3.77. The average Bonchev–Trinajstić information content (AvgIpc) is 3.19. The van der Waals surface area contributed by atoms with Gasteiger partial charge in [0.05, 0.1) is 4.92 Å². The van der Waals surface area contributed by atoms with Gasteiger partial charge in [0.15, 0.2) is 0 Å². The van der Waals surface area contributed by atoms with Gasteiger partial charge < -0.3 is 5.32 Å². The Morgan fingerprint density at radius 2 is 2.06 bits per heavy atom. The zero-order valence-electron chi connectivity index (χ0n) is 10.9. The molecule has 1 aromatic carbocycles. The van der Waals surface area contributed by atoms with Gasteiger partial charge in [0.25, 0.3) is 5.69 Å². The van der Waals surface area contributed by atoms with Crippen molar-refractivity contribution in [3.8, 4) is 0 Å². The molecule has 0 spiro atoms. The molecule has 0 aliphatic heterocycles. The summed E-state index contributed by atoms with van der Waals surface area (Å²) in [6.07, 6.45) is 2.67. The van der Waals surface area contributed by atoms with Gasteiger partial charge in [0, 0.05) is 17.7 Å². The highest BCUT2D eigenvalue weighted by atomic mass is 16.6. The van der Waals surface area contributed by atoms with Gasteiger partial charge in [-0.1, -0.05) is 25.1 Å². The van der Waals surface area contributed by atoms with Crippen molar-refractivity contribution in [2.24, 2.45) is 11.8 Å². The highest BCUT2D eigenvalue weighted by molar-refractivity contribution is 5.41. The lowest BCUT2D eigenvalue weighted by molar-refractivity contribution is -0.385. The van der Waals surface area contributed by atoms with Crippen LogP contribution in [-0.2, 0) is 0 Å². The first kappa shape index (κ1) is 13.0. The van der Waals surface area contributed by atoms with E-state index in [1.807, 2.05) is 19.1 Å². The molecule has 2 rings (SSSR count). The minimum absolute atomic E-state index is 0.0211. The van der Waals surface area contributed by atoms with Gasteiger partial charge in [0.1, 0.15) is 0 Å². The van der Waals surface area contributed by atoms with Gasteiger partial charge in [-0.25, -0.2) is 0 Å². The molecule has 1 aromatic rings. The highest BCUT2D eigenvalue weighted by Gasteiger charge is 2.28. The maximum Gasteiger partial charge on any atom is 0.274 e. The van der Waals surface area contributed by atoms with Gasteiger partial charge in [-0.2, -0.15) is 0 Å². The monoisotopic (exact) mass is 248 g/mol. The lowest BCUT2D eigenvalue weighted by Gasteiger charge is -2.17. The standard InChI is InChI=1S/C14H20N2O2/c1-10(12-7-8-12)9-15-11(2)13-5-3-4-6-14(13)16(17)18/h3-6,10-12,15H,7-9H2,1-2H3. The summed E-state index contributed by atoms with van der Waals surface area (Å²) in [5.74, 6) is 1.52. The molecule has 2 atom stereocenters. The van der Waals surface area contributed by atoms with Crippen molar-refractivity contribution in [2.45, 2.75) is 32.7 Å². The molecular weight excluding hydrogens is 228 g/mol. The van der Waals surface area contributed by atoms with Crippen molar-refractivity contribution >= 4 is 5.69 Å². The maximum atomic E-state index is 11.0. The topological polar surface area (TPSA) is 55.2 Å². The molecule has 1 aliphatic rings. The Labute approximate surface area is 108 Å². The van der Waals surface area contributed by atoms with Crippen LogP contribution in [0.2, 0.25) is 0 Å². The zero-order valence-corrected chi connectivity index (χ0v) is 10.9. The molecule has 98 valence electrons. The fraction of sp³-hybridized carbons (Fsp3) is 0.571. The van der Waals surface area contributed by atoms with Crippen LogP contribution in [0, 0.1) is 22.0 Å². The van der Waals surface area contributed by atoms with E-state index in [1.54, 1.807) is 12.1 Å². The normalized spacial score (nSPS) is 18.3. The van der Waals surface area contributed by atoms with E-state index in [9.17, 15) is 10.1 Å². The number of nitrogens with zero attached hydrogens (tertiary/aromatic N) is 1. The SMILES string of the molecule is CC(NCC(C)C1CC1)c1ccccc1[N+](=O)[O-]. The average molecular weight is 248 g/mol. The number of nitrogens with one attached hydrogen (secondary N) is 1. The van der Waals surface area contributed by atoms with Crippen LogP contribution in [0.1, 0.15) is 38.3 Å². The third kappa shape index (κ3) is 3.07. The highest BCUT2D eigenvalue weighted by Crippen LogP contribution is 2.36. The van der Waals surface area contributed by atoms with Gasteiger partial charge in [0.2, 0.25) is 0 Å². The van der Waals surface area contributed by atoms with Gasteiger partial charge in [-0.15, -0.1) is 0 Å². The molecule has 18 heavy (non-hydrogen) atoms. The summed E-state index contributed by atoms with van der Waals surface area (Å²) in [4.78, 5) is 10.7. The first-order valence-electron chi connectivity index (χ1n) is 6.56. The van der Waals surface area contributed by atoms with Gasteiger partial charge in [-0.3, -0.25) is 10.1 Å². The number of nitro groups is 1. The van der Waals surface area contributed by atoms with Crippen LogP contribution in [0.15, 0.2) is 24.3 Å². The van der Waals surface area contributed by atoms with Crippen LogP contribution >= 0.6 is 0 Å². The van der Waals surface area contributed by atoms with Crippen molar-refractivity contribution in [1.29, 1.82) is 0 Å². The number of nitro benzene ring substituents is 1. The summed E-state index contributed by atoms with van der Waals surface area (Å²) in [7, 11) is 0. The second-order valence-electron chi connectivity index (χ2n) is 5.26. The quantitative estimate of drug-likeness (QED) is 0.620. The van der Waals surface area contributed by atoms with Crippen LogP contribution in [-0.4, -0.2) is 11.5 Å². The molecule has 1 saturated carbocycles. The Morgan fingerprint density at radius 1 is 1.39 bits per heavy atom. The predicted molar refractivity (Wildman–Crippen MR) is 71.4 cm³/mol. The lowest BCUT2D eigenvalue weighted by atomic mass is 10.0. The van der Waals surface area contributed by atoms with E-state index in [0.29, 0.717) is 5.92 Å². The van der Waals surface area contributed by atoms with E-state index in [-0.39, 0.29) is 16.7 Å². The first-order chi connectivity index (χ1) is 8.59. The molecule has 1 aliphatic carbocycles. The molecule has 0 amide bonds. The smallest absolute Gasteiger partial charge is 0.274 e. The second kappa shape index (κ2) is 5.48. The van der Waals surface area contributed by atoms with E-state index in [0.717, 1.165) is 18.0 Å². The van der Waals surface area contributed by atoms with Gasteiger partial charge >= 0.3 is 0 Å². The van der Waals surface area contributed by atoms with Crippen molar-refractivity contribution in [3.63, 3.8) is 0 Å². The molecule has 2 unspecified atom stereocenters. The van der Waals surface area contributed by atoms with Crippen molar-refractivity contribution < 1.29 is 4.92 Å². The fourth-order valence-corrected chi connectivity index (χ4v) is 2.32. The van der Waals surface area contributed by atoms with Crippen LogP contribution < -0.4 is 5.32 Å². The molecule has 4 heteroatoms. The van der Waals surface area contributed by atoms with Crippen LogP contribution in [0.5, 0.6) is 0 Å². The first-order valence-corrected chi connectivity index (χ1v) is 6.56. The summed E-state index contributed by atoms with van der Waals surface area (Å²) in [6.45, 7) is 5.16. The zero-order chi connectivity index (χ0) is 13.1. The lowest BCUT2D eigenvalue weighted by Crippen LogP contribution is -2.25. The molecule has 0 heterocycles. The summed E-state index contributed by atoms with van der Waals surface area (Å²) in [5, 5.41) is 14.4. The molecule has 1 N–H and O–H groups in total. The van der Waals surface area contributed by atoms with E-state index in [4.69, 9.17) is 0 Å². The summed E-state index contributed by atoms with van der Waals surface area (Å²) in [5.41, 5.74) is 0.974. The van der Waals surface area contributed by atoms with Crippen molar-refractivity contribution in [3.05, 3.63) is 39.9 Å². The van der Waals surface area contributed by atoms with Crippen molar-refractivity contribution in [1.82, 2.24) is 5.32 Å².